The van der Waals surface area contributed by atoms with Gasteiger partial charge in [0.2, 0.25) is 5.43 Å². The summed E-state index contributed by atoms with van der Waals surface area (Å²) in [5.41, 5.74) is -0.0379. The number of ether oxygens (including phenoxy) is 1. The van der Waals surface area contributed by atoms with Crippen LogP contribution in [0, 0.1) is 5.82 Å². The lowest BCUT2D eigenvalue weighted by atomic mass is 10.1. The maximum atomic E-state index is 13.7. The number of hydrogen-bond donors (Lipinski definition) is 0. The number of benzene rings is 1. The molecule has 0 amide bonds. The largest absolute Gasteiger partial charge is 0.462 e. The molecule has 0 N–H and O–H groups in total. The highest BCUT2D eigenvalue weighted by Crippen LogP contribution is 2.37. The normalized spacial score (nSPS) is 14.3. The first kappa shape index (κ1) is 15.0. The van der Waals surface area contributed by atoms with Crippen LogP contribution in [0.2, 0.25) is 5.02 Å². The average Bonchev–Trinajstić information content (AvgIpc) is 3.32. The van der Waals surface area contributed by atoms with Crippen molar-refractivity contribution < 1.29 is 13.9 Å². The lowest BCUT2D eigenvalue weighted by molar-refractivity contribution is 0.0503. The van der Waals surface area contributed by atoms with Gasteiger partial charge < -0.3 is 9.30 Å². The van der Waals surface area contributed by atoms with Crippen molar-refractivity contribution in [1.82, 2.24) is 4.57 Å². The van der Waals surface area contributed by atoms with Crippen molar-refractivity contribution in [2.24, 2.45) is 0 Å². The molecule has 0 saturated heterocycles. The second-order valence-electron chi connectivity index (χ2n) is 5.43. The van der Waals surface area contributed by atoms with E-state index in [1.54, 1.807) is 0 Å². The first-order valence-corrected chi connectivity index (χ1v) is 7.61. The third-order valence-electron chi connectivity index (χ3n) is 3.67. The minimum Gasteiger partial charge on any atom is -0.462 e. The van der Waals surface area contributed by atoms with Crippen LogP contribution in [0.25, 0.3) is 10.9 Å². The van der Waals surface area contributed by atoms with Gasteiger partial charge in [0.05, 0.1) is 17.1 Å². The molecule has 116 valence electrons. The van der Waals surface area contributed by atoms with Gasteiger partial charge in [0.25, 0.3) is 0 Å². The van der Waals surface area contributed by atoms with Gasteiger partial charge in [0, 0.05) is 17.6 Å². The molecule has 0 bridgehead atoms. The smallest absolute Gasteiger partial charge is 0.343 e. The molecule has 1 saturated carbocycles. The predicted octanol–water partition coefficient (Wildman–Crippen LogP) is 3.70. The third-order valence-corrected chi connectivity index (χ3v) is 3.96. The summed E-state index contributed by atoms with van der Waals surface area (Å²) < 4.78 is 20.6. The van der Waals surface area contributed by atoms with Gasteiger partial charge in [-0.25, -0.2) is 9.18 Å². The van der Waals surface area contributed by atoms with Crippen LogP contribution in [-0.4, -0.2) is 17.1 Å². The number of rotatable bonds is 4. The molecule has 2 aromatic rings. The van der Waals surface area contributed by atoms with Crippen molar-refractivity contribution in [3.8, 4) is 0 Å². The number of esters is 1. The zero-order chi connectivity index (χ0) is 15.9. The van der Waals surface area contributed by atoms with Gasteiger partial charge in [-0.15, -0.1) is 0 Å². The van der Waals surface area contributed by atoms with Gasteiger partial charge in [-0.3, -0.25) is 4.79 Å². The first-order chi connectivity index (χ1) is 10.5. The lowest BCUT2D eigenvalue weighted by Crippen LogP contribution is -2.21. The summed E-state index contributed by atoms with van der Waals surface area (Å²) >= 11 is 5.83. The van der Waals surface area contributed by atoms with E-state index in [-0.39, 0.29) is 28.6 Å². The molecule has 1 fully saturated rings. The molecule has 0 radical (unpaired) electrons. The Balaban J connectivity index is 2.22. The van der Waals surface area contributed by atoms with Crippen LogP contribution in [0.15, 0.2) is 23.1 Å². The van der Waals surface area contributed by atoms with Crippen molar-refractivity contribution in [2.75, 3.05) is 6.61 Å². The molecule has 6 heteroatoms. The molecule has 0 unspecified atom stereocenters. The van der Waals surface area contributed by atoms with E-state index in [9.17, 15) is 14.0 Å². The average molecular weight is 324 g/mol. The third kappa shape index (κ3) is 2.61. The van der Waals surface area contributed by atoms with E-state index in [0.29, 0.717) is 11.9 Å². The molecule has 1 heterocycles. The summed E-state index contributed by atoms with van der Waals surface area (Å²) in [5, 5.41) is 0.113. The number of fused-ring (bicyclic) bond motifs is 1. The maximum Gasteiger partial charge on any atom is 0.343 e. The Morgan fingerprint density at radius 3 is 2.82 bits per heavy atom. The van der Waals surface area contributed by atoms with Crippen molar-refractivity contribution in [2.45, 2.75) is 32.2 Å². The summed E-state index contributed by atoms with van der Waals surface area (Å²) in [6.07, 6.45) is 4.09. The fourth-order valence-electron chi connectivity index (χ4n) is 2.42. The predicted molar refractivity (Wildman–Crippen MR) is 82.0 cm³/mol. The molecular formula is C16H15ClFNO3. The maximum absolute atomic E-state index is 13.7. The Kier molecular flexibility index (Phi) is 3.91. The molecule has 0 atom stereocenters. The van der Waals surface area contributed by atoms with Crippen LogP contribution in [0.5, 0.6) is 0 Å². The van der Waals surface area contributed by atoms with E-state index < -0.39 is 17.2 Å². The van der Waals surface area contributed by atoms with E-state index in [1.165, 1.54) is 12.3 Å². The Morgan fingerprint density at radius 1 is 1.45 bits per heavy atom. The number of halogens is 2. The Hall–Kier alpha value is -1.88. The summed E-state index contributed by atoms with van der Waals surface area (Å²) in [6.45, 7) is 2.11. The molecule has 4 nitrogen and oxygen atoms in total. The van der Waals surface area contributed by atoms with Gasteiger partial charge >= 0.3 is 5.97 Å². The molecular weight excluding hydrogens is 309 g/mol. The van der Waals surface area contributed by atoms with Gasteiger partial charge in [-0.05, 0) is 31.4 Å². The minimum absolute atomic E-state index is 0.0393. The monoisotopic (exact) mass is 323 g/mol. The molecule has 1 aliphatic carbocycles. The van der Waals surface area contributed by atoms with Crippen LogP contribution in [0.1, 0.15) is 42.6 Å². The van der Waals surface area contributed by atoms with Crippen molar-refractivity contribution in [3.05, 3.63) is 45.0 Å². The second kappa shape index (κ2) is 5.72. The minimum atomic E-state index is -0.673. The summed E-state index contributed by atoms with van der Waals surface area (Å²) in [6, 6.07) is 2.74. The quantitative estimate of drug-likeness (QED) is 0.806. The number of carbonyl (C=O) groups excluding carboxylic acids is 1. The topological polar surface area (TPSA) is 48.3 Å². The highest BCUT2D eigenvalue weighted by atomic mass is 35.5. The molecule has 3 rings (SSSR count). The SMILES string of the molecule is CCCOC(=O)c1cn(C2CC2)c2cc(Cl)c(F)cc2c1=O. The molecule has 0 aliphatic heterocycles. The molecule has 22 heavy (non-hydrogen) atoms. The highest BCUT2D eigenvalue weighted by Gasteiger charge is 2.27. The zero-order valence-corrected chi connectivity index (χ0v) is 12.8. The van der Waals surface area contributed by atoms with E-state index in [1.807, 2.05) is 11.5 Å². The van der Waals surface area contributed by atoms with E-state index >= 15 is 0 Å². The molecule has 1 aromatic heterocycles. The first-order valence-electron chi connectivity index (χ1n) is 7.24. The fraction of sp³-hybridized carbons (Fsp3) is 0.375. The second-order valence-corrected chi connectivity index (χ2v) is 5.84. The number of nitrogens with zero attached hydrogens (tertiary/aromatic N) is 1. The lowest BCUT2D eigenvalue weighted by Gasteiger charge is -2.13. The van der Waals surface area contributed by atoms with Crippen LogP contribution in [0.4, 0.5) is 4.39 Å². The van der Waals surface area contributed by atoms with Crippen LogP contribution in [0.3, 0.4) is 0 Å². The Labute approximate surface area is 131 Å². The van der Waals surface area contributed by atoms with Gasteiger partial charge in [0.1, 0.15) is 11.4 Å². The fourth-order valence-corrected chi connectivity index (χ4v) is 2.57. The zero-order valence-electron chi connectivity index (χ0n) is 12.1. The van der Waals surface area contributed by atoms with Crippen LogP contribution in [-0.2, 0) is 4.74 Å². The molecule has 0 spiro atoms. The number of carbonyl (C=O) groups is 1. The standard InChI is InChI=1S/C16H15ClFNO3/c1-2-5-22-16(21)11-8-19(9-3-4-9)14-7-12(17)13(18)6-10(14)15(11)20/h6-9H,2-5H2,1H3. The molecule has 1 aromatic carbocycles. The Morgan fingerprint density at radius 2 is 2.18 bits per heavy atom. The molecule has 1 aliphatic rings. The summed E-state index contributed by atoms with van der Waals surface area (Å²) in [4.78, 5) is 24.5. The number of pyridine rings is 1. The Bertz CT molecular complexity index is 811. The van der Waals surface area contributed by atoms with E-state index in [0.717, 1.165) is 18.9 Å². The summed E-state index contributed by atoms with van der Waals surface area (Å²) in [5.74, 6) is -1.34. The van der Waals surface area contributed by atoms with E-state index in [2.05, 4.69) is 0 Å². The van der Waals surface area contributed by atoms with E-state index in [4.69, 9.17) is 16.3 Å². The highest BCUT2D eigenvalue weighted by molar-refractivity contribution is 6.31. The van der Waals surface area contributed by atoms with Crippen LogP contribution >= 0.6 is 11.6 Å². The van der Waals surface area contributed by atoms with Crippen LogP contribution < -0.4 is 5.43 Å². The van der Waals surface area contributed by atoms with Crippen molar-refractivity contribution in [1.29, 1.82) is 0 Å². The van der Waals surface area contributed by atoms with Gasteiger partial charge in [0.15, 0.2) is 0 Å². The van der Waals surface area contributed by atoms with Gasteiger partial charge in [-0.2, -0.15) is 0 Å². The van der Waals surface area contributed by atoms with Crippen molar-refractivity contribution in [3.63, 3.8) is 0 Å². The van der Waals surface area contributed by atoms with Gasteiger partial charge in [-0.1, -0.05) is 18.5 Å². The number of hydrogen-bond acceptors (Lipinski definition) is 3. The number of aromatic nitrogens is 1. The summed E-state index contributed by atoms with van der Waals surface area (Å²) in [7, 11) is 0. The van der Waals surface area contributed by atoms with Crippen molar-refractivity contribution >= 4 is 28.5 Å².